The minimum absolute atomic E-state index is 0.0351. The summed E-state index contributed by atoms with van der Waals surface area (Å²) in [4.78, 5) is 12.8. The van der Waals surface area contributed by atoms with E-state index in [9.17, 15) is 10.1 Å². The Labute approximate surface area is 227 Å². The van der Waals surface area contributed by atoms with Crippen molar-refractivity contribution < 1.29 is 18.4 Å². The van der Waals surface area contributed by atoms with E-state index in [1.54, 1.807) is 24.3 Å². The molecular weight excluding hydrogens is 524 g/mol. The van der Waals surface area contributed by atoms with E-state index >= 15 is 0 Å². The summed E-state index contributed by atoms with van der Waals surface area (Å²) in [6.07, 6.45) is 0. The number of hydrogen-bond donors (Lipinski definition) is 1. The fourth-order valence-electron chi connectivity index (χ4n) is 3.62. The largest absolute Gasteiger partial charge is 0.484 e. The smallest absolute Gasteiger partial charge is 0.277 e. The highest BCUT2D eigenvalue weighted by Crippen LogP contribution is 2.41. The lowest BCUT2D eigenvalue weighted by Gasteiger charge is -2.03. The first-order valence-corrected chi connectivity index (χ1v) is 12.8. The van der Waals surface area contributed by atoms with Crippen LogP contribution >= 0.6 is 23.4 Å². The maximum atomic E-state index is 12.8. The van der Waals surface area contributed by atoms with Crippen molar-refractivity contribution in [2.45, 2.75) is 11.8 Å². The van der Waals surface area contributed by atoms with E-state index in [2.05, 4.69) is 21.6 Å². The molecule has 2 aromatic heterocycles. The second-order valence-electron chi connectivity index (χ2n) is 7.90. The maximum Gasteiger partial charge on any atom is 0.277 e. The van der Waals surface area contributed by atoms with Crippen molar-refractivity contribution in [3.63, 3.8) is 0 Å². The van der Waals surface area contributed by atoms with Crippen molar-refractivity contribution in [2.75, 3.05) is 11.1 Å². The number of nitrogens with one attached hydrogen (secondary N) is 1. The Kier molecular flexibility index (Phi) is 7.73. The number of nitriles is 1. The second kappa shape index (κ2) is 11.7. The highest BCUT2D eigenvalue weighted by molar-refractivity contribution is 7.99. The molecule has 0 aliphatic heterocycles. The molecule has 10 heteroatoms. The molecule has 0 fully saturated rings. The zero-order valence-electron chi connectivity index (χ0n) is 19.8. The van der Waals surface area contributed by atoms with Gasteiger partial charge in [-0.15, -0.1) is 10.2 Å². The van der Waals surface area contributed by atoms with Gasteiger partial charge < -0.3 is 13.6 Å². The summed E-state index contributed by atoms with van der Waals surface area (Å²) >= 11 is 6.93. The van der Waals surface area contributed by atoms with Gasteiger partial charge in [0.25, 0.3) is 11.1 Å². The summed E-state index contributed by atoms with van der Waals surface area (Å²) in [6.45, 7) is 0.0733. The predicted octanol–water partition coefficient (Wildman–Crippen LogP) is 6.83. The second-order valence-corrected chi connectivity index (χ2v) is 9.26. The number of hydrogen-bond acceptors (Lipinski definition) is 8. The first-order chi connectivity index (χ1) is 18.6. The van der Waals surface area contributed by atoms with E-state index in [0.717, 1.165) is 22.9 Å². The van der Waals surface area contributed by atoms with Crippen LogP contribution in [0.15, 0.2) is 99.0 Å². The van der Waals surface area contributed by atoms with Crippen molar-refractivity contribution in [2.24, 2.45) is 0 Å². The molecule has 0 radical (unpaired) electrons. The predicted molar refractivity (Wildman–Crippen MR) is 144 cm³/mol. The molecule has 0 saturated heterocycles. The Morgan fingerprint density at radius 3 is 2.32 bits per heavy atom. The fraction of sp³-hybridized carbons (Fsp3) is 0.0714. The number of furan rings is 1. The lowest BCUT2D eigenvalue weighted by atomic mass is 9.98. The SMILES string of the molecule is N#Cc1c(NC(=O)CSc2nnc(COc3ccc(Cl)cc3)o2)oc(-c2ccccc2)c1-c1ccccc1. The number of rotatable bonds is 9. The number of benzene rings is 3. The molecule has 0 spiro atoms. The third-order valence-electron chi connectivity index (χ3n) is 5.32. The van der Waals surface area contributed by atoms with Gasteiger partial charge in [0.2, 0.25) is 11.8 Å². The monoisotopic (exact) mass is 542 g/mol. The van der Waals surface area contributed by atoms with Crippen molar-refractivity contribution in [1.29, 1.82) is 5.26 Å². The van der Waals surface area contributed by atoms with Gasteiger partial charge in [-0.25, -0.2) is 0 Å². The number of carbonyl (C=O) groups is 1. The number of halogens is 1. The van der Waals surface area contributed by atoms with Gasteiger partial charge in [0.15, 0.2) is 6.61 Å². The number of aromatic nitrogens is 2. The number of carbonyl (C=O) groups excluding carboxylic acids is 1. The fourth-order valence-corrected chi connectivity index (χ4v) is 4.33. The van der Waals surface area contributed by atoms with E-state index in [4.69, 9.17) is 25.2 Å². The molecule has 5 rings (SSSR count). The Morgan fingerprint density at radius 1 is 0.947 bits per heavy atom. The summed E-state index contributed by atoms with van der Waals surface area (Å²) in [5, 5.41) is 21.4. The van der Waals surface area contributed by atoms with Gasteiger partial charge in [-0.05, 0) is 29.8 Å². The molecule has 2 heterocycles. The number of nitrogens with zero attached hydrogens (tertiary/aromatic N) is 3. The zero-order valence-corrected chi connectivity index (χ0v) is 21.3. The van der Waals surface area contributed by atoms with Gasteiger partial charge in [-0.1, -0.05) is 84.0 Å². The molecule has 0 aliphatic carbocycles. The third kappa shape index (κ3) is 5.89. The number of anilines is 1. The van der Waals surface area contributed by atoms with Gasteiger partial charge >= 0.3 is 0 Å². The van der Waals surface area contributed by atoms with Crippen LogP contribution in [0.5, 0.6) is 5.75 Å². The maximum absolute atomic E-state index is 12.8. The number of amides is 1. The minimum Gasteiger partial charge on any atom is -0.484 e. The van der Waals surface area contributed by atoms with Crippen LogP contribution in [0.2, 0.25) is 5.02 Å². The van der Waals surface area contributed by atoms with Gasteiger partial charge in [0.05, 0.1) is 5.75 Å². The quantitative estimate of drug-likeness (QED) is 0.201. The van der Waals surface area contributed by atoms with Crippen LogP contribution < -0.4 is 10.1 Å². The lowest BCUT2D eigenvalue weighted by molar-refractivity contribution is -0.113. The molecular formula is C28H19ClN4O4S. The van der Waals surface area contributed by atoms with E-state index in [1.807, 2.05) is 60.7 Å². The van der Waals surface area contributed by atoms with Crippen LogP contribution in [-0.2, 0) is 11.4 Å². The average Bonchev–Trinajstić information content (AvgIpc) is 3.57. The Hall–Kier alpha value is -4.52. The highest BCUT2D eigenvalue weighted by Gasteiger charge is 2.24. The standard InChI is InChI=1S/C28H19ClN4O4S/c29-20-11-13-21(14-12-20)35-16-24-32-33-28(36-24)38-17-23(34)31-27-22(15-30)25(18-7-3-1-4-8-18)26(37-27)19-9-5-2-6-10-19/h1-14H,16-17H2,(H,31,34). The summed E-state index contributed by atoms with van der Waals surface area (Å²) in [5.41, 5.74) is 2.45. The summed E-state index contributed by atoms with van der Waals surface area (Å²) in [6, 6.07) is 28.0. The van der Waals surface area contributed by atoms with Gasteiger partial charge in [0.1, 0.15) is 23.1 Å². The average molecular weight is 543 g/mol. The zero-order chi connectivity index (χ0) is 26.3. The van der Waals surface area contributed by atoms with Gasteiger partial charge in [-0.2, -0.15) is 5.26 Å². The van der Waals surface area contributed by atoms with E-state index in [1.165, 1.54) is 0 Å². The van der Waals surface area contributed by atoms with Gasteiger partial charge in [0, 0.05) is 16.1 Å². The van der Waals surface area contributed by atoms with Crippen LogP contribution in [0.1, 0.15) is 11.5 Å². The molecule has 38 heavy (non-hydrogen) atoms. The Balaban J connectivity index is 1.27. The number of ether oxygens (including phenoxy) is 1. The van der Waals surface area contributed by atoms with Crippen LogP contribution in [0.3, 0.4) is 0 Å². The molecule has 0 bridgehead atoms. The first-order valence-electron chi connectivity index (χ1n) is 11.4. The lowest BCUT2D eigenvalue weighted by Crippen LogP contribution is -2.14. The third-order valence-corrected chi connectivity index (χ3v) is 6.39. The van der Waals surface area contributed by atoms with Crippen LogP contribution in [-0.4, -0.2) is 21.9 Å². The van der Waals surface area contributed by atoms with E-state index in [0.29, 0.717) is 22.1 Å². The molecule has 1 N–H and O–H groups in total. The topological polar surface area (TPSA) is 114 Å². The van der Waals surface area contributed by atoms with Crippen LogP contribution in [0.4, 0.5) is 5.88 Å². The summed E-state index contributed by atoms with van der Waals surface area (Å²) in [7, 11) is 0. The Morgan fingerprint density at radius 2 is 1.63 bits per heavy atom. The summed E-state index contributed by atoms with van der Waals surface area (Å²) in [5.74, 6) is 1.03. The van der Waals surface area contributed by atoms with Gasteiger partial charge in [-0.3, -0.25) is 10.1 Å². The minimum atomic E-state index is -0.392. The molecule has 188 valence electrons. The van der Waals surface area contributed by atoms with E-state index in [-0.39, 0.29) is 34.9 Å². The molecule has 1 amide bonds. The van der Waals surface area contributed by atoms with Crippen molar-refractivity contribution in [1.82, 2.24) is 10.2 Å². The van der Waals surface area contributed by atoms with Crippen molar-refractivity contribution >= 4 is 35.2 Å². The first kappa shape index (κ1) is 25.1. The normalized spacial score (nSPS) is 10.6. The van der Waals surface area contributed by atoms with Crippen molar-refractivity contribution in [3.05, 3.63) is 101 Å². The number of thioether (sulfide) groups is 1. The van der Waals surface area contributed by atoms with E-state index < -0.39 is 5.91 Å². The molecule has 0 aliphatic rings. The van der Waals surface area contributed by atoms with Crippen molar-refractivity contribution in [3.8, 4) is 34.3 Å². The molecule has 0 atom stereocenters. The molecule has 0 saturated carbocycles. The van der Waals surface area contributed by atoms with Crippen LogP contribution in [0.25, 0.3) is 22.5 Å². The molecule has 0 unspecified atom stereocenters. The summed E-state index contributed by atoms with van der Waals surface area (Å²) < 4.78 is 17.2. The Bertz CT molecular complexity index is 1580. The molecule has 3 aromatic carbocycles. The molecule has 8 nitrogen and oxygen atoms in total. The van der Waals surface area contributed by atoms with Crippen LogP contribution in [0, 0.1) is 11.3 Å². The molecule has 5 aromatic rings. The highest BCUT2D eigenvalue weighted by atomic mass is 35.5.